The average Bonchev–Trinajstić information content (AvgIpc) is 3.71. The van der Waals surface area contributed by atoms with Gasteiger partial charge in [-0.25, -0.2) is 9.07 Å². The molecule has 3 N–H and O–H groups in total. The molecular formula is C35H44FN7O4. The van der Waals surface area contributed by atoms with Crippen LogP contribution in [0.15, 0.2) is 54.7 Å². The maximum atomic E-state index is 15.7. The van der Waals surface area contributed by atoms with Gasteiger partial charge in [0, 0.05) is 57.0 Å². The van der Waals surface area contributed by atoms with Gasteiger partial charge in [0.2, 0.25) is 23.6 Å². The van der Waals surface area contributed by atoms with Crippen molar-refractivity contribution in [2.45, 2.75) is 64.5 Å². The van der Waals surface area contributed by atoms with Crippen LogP contribution >= 0.6 is 0 Å². The number of amides is 4. The third-order valence-electron chi connectivity index (χ3n) is 9.41. The molecule has 1 aliphatic heterocycles. The van der Waals surface area contributed by atoms with E-state index in [9.17, 15) is 19.2 Å². The lowest BCUT2D eigenvalue weighted by Crippen LogP contribution is -2.55. The molecule has 11 nitrogen and oxygen atoms in total. The number of anilines is 2. The van der Waals surface area contributed by atoms with Gasteiger partial charge in [-0.15, -0.1) is 0 Å². The summed E-state index contributed by atoms with van der Waals surface area (Å²) in [5.74, 6) is -3.90. The molecule has 0 radical (unpaired) electrons. The molecular weight excluding hydrogens is 601 g/mol. The number of aromatic nitrogens is 2. The number of fused-ring (bicyclic) bond motifs is 1. The number of carbonyl (C=O) groups excluding carboxylic acids is 4. The minimum absolute atomic E-state index is 0.0758. The van der Waals surface area contributed by atoms with E-state index in [1.165, 1.54) is 12.1 Å². The van der Waals surface area contributed by atoms with Crippen molar-refractivity contribution >= 4 is 35.1 Å². The average molecular weight is 646 g/mol. The molecule has 2 aliphatic rings. The number of hydrogen-bond acceptors (Lipinski definition) is 6. The van der Waals surface area contributed by atoms with Crippen molar-refractivity contribution < 1.29 is 23.6 Å². The maximum Gasteiger partial charge on any atom is 0.245 e. The molecule has 1 aliphatic carbocycles. The second-order valence-electron chi connectivity index (χ2n) is 12.4. The van der Waals surface area contributed by atoms with Crippen molar-refractivity contribution in [2.24, 2.45) is 5.92 Å². The lowest BCUT2D eigenvalue weighted by molar-refractivity contribution is -0.138. The number of aryl methyl sites for hydroxylation is 2. The number of nitrogens with one attached hydrogen (secondary N) is 3. The standard InChI is InChI=1S/C35H44FN7O4/c1-5-30(44)40-32(35(47)42-19-17-41(4)18-20-42)22(3)24-12-14-28(27(36)21-24)38-33(45)31(26-13-11-23-9-7-8-10-25(23)26)34(46)39-29-15-16-37-43(29)6-2/h7-10,12,14-16,21-22,26,31-32H,5-6,11,13,17-20H2,1-4H3,(H,38,45)(H,39,46)(H,40,44)/t22-,26-,31-,32+/m0/s1. The summed E-state index contributed by atoms with van der Waals surface area (Å²) in [4.78, 5) is 57.5. The fraction of sp³-hybridized carbons (Fsp3) is 0.457. The summed E-state index contributed by atoms with van der Waals surface area (Å²) in [6, 6.07) is 12.9. The van der Waals surface area contributed by atoms with Crippen LogP contribution in [-0.2, 0) is 32.1 Å². The number of benzene rings is 2. The number of halogens is 1. The highest BCUT2D eigenvalue weighted by Crippen LogP contribution is 2.39. The van der Waals surface area contributed by atoms with Crippen molar-refractivity contribution in [1.29, 1.82) is 0 Å². The highest BCUT2D eigenvalue weighted by atomic mass is 19.1. The van der Waals surface area contributed by atoms with Crippen molar-refractivity contribution in [2.75, 3.05) is 43.9 Å². The van der Waals surface area contributed by atoms with E-state index >= 15 is 4.39 Å². The van der Waals surface area contributed by atoms with Gasteiger partial charge >= 0.3 is 0 Å². The molecule has 5 rings (SSSR count). The minimum Gasteiger partial charge on any atom is -0.344 e. The van der Waals surface area contributed by atoms with E-state index in [4.69, 9.17) is 0 Å². The van der Waals surface area contributed by atoms with Crippen LogP contribution in [0.5, 0.6) is 0 Å². The number of hydrogen-bond donors (Lipinski definition) is 3. The molecule has 1 fully saturated rings. The SMILES string of the molecule is CCC(=O)N[C@@H](C(=O)N1CCN(C)CC1)[C@@H](C)c1ccc(NC(=O)[C@@H](C(=O)Nc2ccnn2CC)[C@H]2CCc3ccccc32)c(F)c1. The maximum absolute atomic E-state index is 15.7. The van der Waals surface area contributed by atoms with Crippen LogP contribution in [-0.4, -0.2) is 82.5 Å². The quantitative estimate of drug-likeness (QED) is 0.273. The van der Waals surface area contributed by atoms with E-state index in [0.717, 1.165) is 30.6 Å². The van der Waals surface area contributed by atoms with Gasteiger partial charge in [-0.05, 0) is 55.6 Å². The smallest absolute Gasteiger partial charge is 0.245 e. The van der Waals surface area contributed by atoms with Gasteiger partial charge in [-0.3, -0.25) is 19.2 Å². The number of nitrogens with zero attached hydrogens (tertiary/aromatic N) is 4. The molecule has 47 heavy (non-hydrogen) atoms. The minimum atomic E-state index is -1.13. The fourth-order valence-corrected chi connectivity index (χ4v) is 6.53. The summed E-state index contributed by atoms with van der Waals surface area (Å²) < 4.78 is 17.4. The number of rotatable bonds is 11. The van der Waals surface area contributed by atoms with Crippen molar-refractivity contribution in [3.63, 3.8) is 0 Å². The first-order valence-corrected chi connectivity index (χ1v) is 16.4. The zero-order valence-electron chi connectivity index (χ0n) is 27.5. The third kappa shape index (κ3) is 7.54. The highest BCUT2D eigenvalue weighted by molar-refractivity contribution is 6.11. The molecule has 12 heteroatoms. The molecule has 2 heterocycles. The molecule has 0 saturated carbocycles. The van der Waals surface area contributed by atoms with E-state index in [-0.39, 0.29) is 23.9 Å². The molecule has 0 unspecified atom stereocenters. The van der Waals surface area contributed by atoms with Crippen LogP contribution in [0.25, 0.3) is 0 Å². The van der Waals surface area contributed by atoms with Crippen molar-refractivity contribution in [3.05, 3.63) is 77.2 Å². The molecule has 0 spiro atoms. The predicted molar refractivity (Wildman–Crippen MR) is 177 cm³/mol. The first-order valence-electron chi connectivity index (χ1n) is 16.4. The van der Waals surface area contributed by atoms with Crippen LogP contribution in [0.1, 0.15) is 62.1 Å². The fourth-order valence-electron chi connectivity index (χ4n) is 6.53. The summed E-state index contributed by atoms with van der Waals surface area (Å²) in [6.45, 7) is 8.46. The third-order valence-corrected chi connectivity index (χ3v) is 9.41. The van der Waals surface area contributed by atoms with Gasteiger partial charge in [0.25, 0.3) is 0 Å². The highest BCUT2D eigenvalue weighted by Gasteiger charge is 2.40. The van der Waals surface area contributed by atoms with Gasteiger partial charge in [-0.2, -0.15) is 5.10 Å². The lowest BCUT2D eigenvalue weighted by atomic mass is 9.85. The summed E-state index contributed by atoms with van der Waals surface area (Å²) in [7, 11) is 1.99. The Labute approximate surface area is 274 Å². The molecule has 1 saturated heterocycles. The Morgan fingerprint density at radius 3 is 2.40 bits per heavy atom. The Morgan fingerprint density at radius 1 is 0.979 bits per heavy atom. The van der Waals surface area contributed by atoms with Crippen LogP contribution in [0.3, 0.4) is 0 Å². The number of carbonyl (C=O) groups is 4. The van der Waals surface area contributed by atoms with Gasteiger partial charge in [0.15, 0.2) is 0 Å². The van der Waals surface area contributed by atoms with Gasteiger partial charge < -0.3 is 25.8 Å². The Bertz CT molecular complexity index is 1620. The van der Waals surface area contributed by atoms with E-state index < -0.39 is 41.4 Å². The second kappa shape index (κ2) is 14.9. The molecule has 3 aromatic rings. The molecule has 2 aromatic carbocycles. The van der Waals surface area contributed by atoms with Gasteiger partial charge in [0.1, 0.15) is 23.6 Å². The summed E-state index contributed by atoms with van der Waals surface area (Å²) in [5, 5.41) is 12.6. The van der Waals surface area contributed by atoms with Crippen LogP contribution in [0.2, 0.25) is 0 Å². The Balaban J connectivity index is 1.37. The summed E-state index contributed by atoms with van der Waals surface area (Å²) in [5.41, 5.74) is 2.44. The summed E-state index contributed by atoms with van der Waals surface area (Å²) in [6.07, 6.45) is 3.12. The van der Waals surface area contributed by atoms with Crippen LogP contribution in [0.4, 0.5) is 15.9 Å². The van der Waals surface area contributed by atoms with E-state index in [1.54, 1.807) is 41.8 Å². The largest absolute Gasteiger partial charge is 0.344 e. The Morgan fingerprint density at radius 2 is 1.70 bits per heavy atom. The van der Waals surface area contributed by atoms with Crippen LogP contribution in [0, 0.1) is 11.7 Å². The molecule has 1 aromatic heterocycles. The van der Waals surface area contributed by atoms with E-state index in [1.807, 2.05) is 38.2 Å². The van der Waals surface area contributed by atoms with Gasteiger partial charge in [-0.1, -0.05) is 44.2 Å². The molecule has 250 valence electrons. The predicted octanol–water partition coefficient (Wildman–Crippen LogP) is 3.74. The number of likely N-dealkylation sites (N-methyl/N-ethyl adjacent to an activating group) is 1. The number of piperazine rings is 1. The normalized spacial score (nSPS) is 18.1. The van der Waals surface area contributed by atoms with E-state index in [0.29, 0.717) is 37.4 Å². The Hall–Kier alpha value is -4.58. The first kappa shape index (κ1) is 33.8. The van der Waals surface area contributed by atoms with Crippen LogP contribution < -0.4 is 16.0 Å². The summed E-state index contributed by atoms with van der Waals surface area (Å²) >= 11 is 0. The zero-order valence-corrected chi connectivity index (χ0v) is 27.5. The lowest BCUT2D eigenvalue weighted by Gasteiger charge is -2.36. The van der Waals surface area contributed by atoms with Gasteiger partial charge in [0.05, 0.1) is 11.9 Å². The first-order chi connectivity index (χ1) is 22.6. The molecule has 4 atom stereocenters. The molecule has 0 bridgehead atoms. The zero-order chi connectivity index (χ0) is 33.7. The monoisotopic (exact) mass is 645 g/mol. The second-order valence-corrected chi connectivity index (χ2v) is 12.4. The topological polar surface area (TPSA) is 129 Å². The Kier molecular flexibility index (Phi) is 10.7. The van der Waals surface area contributed by atoms with Crippen molar-refractivity contribution in [1.82, 2.24) is 24.9 Å². The van der Waals surface area contributed by atoms with Crippen molar-refractivity contribution in [3.8, 4) is 0 Å². The van der Waals surface area contributed by atoms with E-state index in [2.05, 4.69) is 25.9 Å². The molecule has 4 amide bonds.